The lowest BCUT2D eigenvalue weighted by molar-refractivity contribution is -0.128. The number of carbonyl (C=O) groups excluding carboxylic acids is 2. The number of furan rings is 1. The van der Waals surface area contributed by atoms with Crippen molar-refractivity contribution in [2.45, 2.75) is 33.8 Å². The molecule has 1 aromatic rings. The Kier molecular flexibility index (Phi) is 4.31. The van der Waals surface area contributed by atoms with Crippen LogP contribution in [0.4, 0.5) is 0 Å². The first-order chi connectivity index (χ1) is 7.95. The fraction of sp³-hybridized carbons (Fsp3) is 0.500. The highest BCUT2D eigenvalue weighted by Crippen LogP contribution is 2.15. The molecule has 0 saturated heterocycles. The molecule has 1 rings (SSSR count). The van der Waals surface area contributed by atoms with Gasteiger partial charge in [-0.3, -0.25) is 4.79 Å². The number of nitrogens with one attached hydrogen (secondary N) is 1. The van der Waals surface area contributed by atoms with Crippen molar-refractivity contribution in [3.8, 4) is 0 Å². The Hall–Kier alpha value is -1.78. The lowest BCUT2D eigenvalue weighted by Gasteiger charge is -2.11. The van der Waals surface area contributed by atoms with Crippen LogP contribution in [0.25, 0.3) is 0 Å². The number of amides is 1. The smallest absolute Gasteiger partial charge is 0.342 e. The summed E-state index contributed by atoms with van der Waals surface area (Å²) >= 11 is 0. The van der Waals surface area contributed by atoms with E-state index in [2.05, 4.69) is 5.32 Å². The summed E-state index contributed by atoms with van der Waals surface area (Å²) in [5.74, 6) is 0.285. The fourth-order valence-corrected chi connectivity index (χ4v) is 1.43. The molecule has 0 unspecified atom stereocenters. The first kappa shape index (κ1) is 13.3. The molecule has 0 spiro atoms. The van der Waals surface area contributed by atoms with E-state index in [1.807, 2.05) is 0 Å². The van der Waals surface area contributed by atoms with Crippen molar-refractivity contribution in [1.29, 1.82) is 0 Å². The highest BCUT2D eigenvalue weighted by Gasteiger charge is 2.21. The molecule has 0 radical (unpaired) electrons. The number of carbonyl (C=O) groups is 2. The molecular weight excluding hydrogens is 222 g/mol. The van der Waals surface area contributed by atoms with Crippen LogP contribution in [0.3, 0.4) is 0 Å². The van der Waals surface area contributed by atoms with E-state index >= 15 is 0 Å². The molecule has 1 heterocycles. The van der Waals surface area contributed by atoms with Crippen LogP contribution in [-0.2, 0) is 9.53 Å². The molecule has 5 heteroatoms. The molecule has 0 bridgehead atoms. The van der Waals surface area contributed by atoms with Crippen LogP contribution in [0.1, 0.15) is 35.7 Å². The SMILES string of the molecule is CCNC(=O)[C@@H](C)OC(=O)c1cc(C)oc1C. The van der Waals surface area contributed by atoms with Crippen LogP contribution in [0.5, 0.6) is 0 Å². The van der Waals surface area contributed by atoms with E-state index in [4.69, 9.17) is 9.15 Å². The highest BCUT2D eigenvalue weighted by atomic mass is 16.5. The van der Waals surface area contributed by atoms with Gasteiger partial charge in [0.15, 0.2) is 6.10 Å². The standard InChI is InChI=1S/C12H17NO4/c1-5-13-11(14)9(4)17-12(15)10-6-7(2)16-8(10)3/h6,9H,5H2,1-4H3,(H,13,14)/t9-/m1/s1. The predicted octanol–water partition coefficient (Wildman–Crippen LogP) is 1.58. The molecule has 0 aliphatic heterocycles. The molecule has 1 N–H and O–H groups in total. The molecule has 17 heavy (non-hydrogen) atoms. The van der Waals surface area contributed by atoms with Gasteiger partial charge in [-0.2, -0.15) is 0 Å². The minimum atomic E-state index is -0.808. The van der Waals surface area contributed by atoms with E-state index in [1.165, 1.54) is 6.92 Å². The third-order valence-electron chi connectivity index (χ3n) is 2.26. The predicted molar refractivity (Wildman–Crippen MR) is 61.7 cm³/mol. The van der Waals surface area contributed by atoms with Crippen molar-refractivity contribution in [3.05, 3.63) is 23.2 Å². The molecule has 1 amide bonds. The quantitative estimate of drug-likeness (QED) is 0.810. The molecule has 0 fully saturated rings. The van der Waals surface area contributed by atoms with E-state index in [-0.39, 0.29) is 5.91 Å². The summed E-state index contributed by atoms with van der Waals surface area (Å²) in [6.45, 7) is 7.27. The van der Waals surface area contributed by atoms with Crippen molar-refractivity contribution in [2.24, 2.45) is 0 Å². The molecule has 1 aromatic heterocycles. The van der Waals surface area contributed by atoms with Gasteiger partial charge in [-0.1, -0.05) is 0 Å². The minimum Gasteiger partial charge on any atom is -0.466 e. The highest BCUT2D eigenvalue weighted by molar-refractivity contribution is 5.93. The van der Waals surface area contributed by atoms with Crippen molar-refractivity contribution in [3.63, 3.8) is 0 Å². The summed E-state index contributed by atoms with van der Waals surface area (Å²) in [7, 11) is 0. The number of hydrogen-bond donors (Lipinski definition) is 1. The van der Waals surface area contributed by atoms with Crippen molar-refractivity contribution < 1.29 is 18.7 Å². The molecule has 1 atom stereocenters. The molecular formula is C12H17NO4. The van der Waals surface area contributed by atoms with E-state index in [1.54, 1.807) is 26.8 Å². The van der Waals surface area contributed by atoms with Gasteiger partial charge in [-0.15, -0.1) is 0 Å². The topological polar surface area (TPSA) is 68.5 Å². The Labute approximate surface area is 100 Å². The van der Waals surface area contributed by atoms with Gasteiger partial charge >= 0.3 is 5.97 Å². The van der Waals surface area contributed by atoms with Crippen molar-refractivity contribution in [1.82, 2.24) is 5.32 Å². The number of likely N-dealkylation sites (N-methyl/N-ethyl adjacent to an activating group) is 1. The number of esters is 1. The van der Waals surface area contributed by atoms with Crippen LogP contribution in [0.2, 0.25) is 0 Å². The van der Waals surface area contributed by atoms with Gasteiger partial charge in [0, 0.05) is 6.54 Å². The van der Waals surface area contributed by atoms with Gasteiger partial charge in [0.2, 0.25) is 0 Å². The van der Waals surface area contributed by atoms with E-state index in [0.29, 0.717) is 23.6 Å². The minimum absolute atomic E-state index is 0.307. The Morgan fingerprint density at radius 3 is 2.59 bits per heavy atom. The first-order valence-electron chi connectivity index (χ1n) is 5.51. The van der Waals surface area contributed by atoms with Crippen molar-refractivity contribution >= 4 is 11.9 Å². The van der Waals surface area contributed by atoms with Gasteiger partial charge in [-0.25, -0.2) is 4.79 Å². The monoisotopic (exact) mass is 239 g/mol. The van der Waals surface area contributed by atoms with E-state index < -0.39 is 12.1 Å². The van der Waals surface area contributed by atoms with Crippen LogP contribution in [-0.4, -0.2) is 24.5 Å². The normalized spacial score (nSPS) is 12.0. The summed E-state index contributed by atoms with van der Waals surface area (Å²) in [5.41, 5.74) is 0.360. The fourth-order valence-electron chi connectivity index (χ4n) is 1.43. The third kappa shape index (κ3) is 3.34. The molecule has 0 aliphatic rings. The maximum absolute atomic E-state index is 11.7. The average Bonchev–Trinajstić information content (AvgIpc) is 2.58. The number of rotatable bonds is 4. The molecule has 5 nitrogen and oxygen atoms in total. The molecule has 0 aromatic carbocycles. The Morgan fingerprint density at radius 2 is 2.12 bits per heavy atom. The van der Waals surface area contributed by atoms with Gasteiger partial charge < -0.3 is 14.5 Å². The average molecular weight is 239 g/mol. The molecule has 0 aliphatic carbocycles. The van der Waals surface area contributed by atoms with Gasteiger partial charge in [-0.05, 0) is 33.8 Å². The van der Waals surface area contributed by atoms with Gasteiger partial charge in [0.05, 0.1) is 0 Å². The van der Waals surface area contributed by atoms with E-state index in [9.17, 15) is 9.59 Å². The van der Waals surface area contributed by atoms with Crippen LogP contribution in [0, 0.1) is 13.8 Å². The summed E-state index contributed by atoms with van der Waals surface area (Å²) in [5, 5.41) is 2.58. The van der Waals surface area contributed by atoms with Crippen LogP contribution >= 0.6 is 0 Å². The second kappa shape index (κ2) is 5.52. The van der Waals surface area contributed by atoms with Crippen LogP contribution in [0.15, 0.2) is 10.5 Å². The van der Waals surface area contributed by atoms with E-state index in [0.717, 1.165) is 0 Å². The Bertz CT molecular complexity index is 422. The maximum Gasteiger partial charge on any atom is 0.342 e. The Balaban J connectivity index is 2.66. The second-order valence-corrected chi connectivity index (χ2v) is 3.77. The summed E-state index contributed by atoms with van der Waals surface area (Å²) in [6.07, 6.45) is -0.808. The van der Waals surface area contributed by atoms with Gasteiger partial charge in [0.1, 0.15) is 17.1 Å². The number of hydrogen-bond acceptors (Lipinski definition) is 4. The Morgan fingerprint density at radius 1 is 1.47 bits per heavy atom. The zero-order chi connectivity index (χ0) is 13.0. The van der Waals surface area contributed by atoms with Gasteiger partial charge in [0.25, 0.3) is 5.91 Å². The number of aryl methyl sites for hydroxylation is 2. The molecule has 0 saturated carbocycles. The summed E-state index contributed by atoms with van der Waals surface area (Å²) < 4.78 is 10.3. The maximum atomic E-state index is 11.7. The lowest BCUT2D eigenvalue weighted by atomic mass is 10.2. The summed E-state index contributed by atoms with van der Waals surface area (Å²) in [4.78, 5) is 23.1. The third-order valence-corrected chi connectivity index (χ3v) is 2.26. The summed E-state index contributed by atoms with van der Waals surface area (Å²) in [6, 6.07) is 1.60. The van der Waals surface area contributed by atoms with Crippen molar-refractivity contribution in [2.75, 3.05) is 6.54 Å². The first-order valence-corrected chi connectivity index (χ1v) is 5.51. The second-order valence-electron chi connectivity index (χ2n) is 3.77. The lowest BCUT2D eigenvalue weighted by Crippen LogP contribution is -2.35. The number of ether oxygens (including phenoxy) is 1. The molecule has 94 valence electrons. The largest absolute Gasteiger partial charge is 0.466 e. The zero-order valence-electron chi connectivity index (χ0n) is 10.5. The van der Waals surface area contributed by atoms with Crippen LogP contribution < -0.4 is 5.32 Å². The zero-order valence-corrected chi connectivity index (χ0v) is 10.5.